The summed E-state index contributed by atoms with van der Waals surface area (Å²) < 4.78 is 28.6. The van der Waals surface area contributed by atoms with Gasteiger partial charge in [0, 0.05) is 18.3 Å². The van der Waals surface area contributed by atoms with Crippen LogP contribution in [0.2, 0.25) is 0 Å². The minimum atomic E-state index is -0.660. The van der Waals surface area contributed by atoms with E-state index in [0.717, 1.165) is 16.9 Å². The zero-order valence-electron chi connectivity index (χ0n) is 13.5. The molecule has 0 unspecified atom stereocenters. The van der Waals surface area contributed by atoms with Crippen LogP contribution in [0, 0.1) is 18.6 Å². The molecule has 0 saturated heterocycles. The van der Waals surface area contributed by atoms with Crippen LogP contribution in [-0.4, -0.2) is 15.0 Å². The topological polar surface area (TPSA) is 70.7 Å². The summed E-state index contributed by atoms with van der Waals surface area (Å²) in [5.41, 5.74) is 0.995. The van der Waals surface area contributed by atoms with Gasteiger partial charge in [-0.2, -0.15) is 0 Å². The number of aromatic amines is 1. The molecule has 4 rings (SSSR count). The molecule has 2 N–H and O–H groups in total. The summed E-state index contributed by atoms with van der Waals surface area (Å²) in [6.07, 6.45) is 1.57. The van der Waals surface area contributed by atoms with Gasteiger partial charge in [-0.15, -0.1) is 11.3 Å². The first-order chi connectivity index (χ1) is 12.5. The molecule has 0 aliphatic rings. The molecular weight excluding hydrogens is 358 g/mol. The monoisotopic (exact) mass is 370 g/mol. The van der Waals surface area contributed by atoms with Gasteiger partial charge in [0.25, 0.3) is 0 Å². The van der Waals surface area contributed by atoms with E-state index in [-0.39, 0.29) is 16.1 Å². The fourth-order valence-corrected chi connectivity index (χ4v) is 3.56. The van der Waals surface area contributed by atoms with E-state index in [1.807, 2.05) is 6.92 Å². The molecule has 0 saturated carbocycles. The summed E-state index contributed by atoms with van der Waals surface area (Å²) >= 11 is 1.16. The van der Waals surface area contributed by atoms with E-state index in [1.165, 1.54) is 24.3 Å². The van der Waals surface area contributed by atoms with Crippen LogP contribution in [0.4, 0.5) is 20.4 Å². The molecule has 5 nitrogen and oxygen atoms in total. The molecule has 0 aliphatic heterocycles. The predicted molar refractivity (Wildman–Crippen MR) is 97.8 cm³/mol. The maximum Gasteiger partial charge on any atom is 0.249 e. The van der Waals surface area contributed by atoms with Gasteiger partial charge < -0.3 is 10.3 Å². The van der Waals surface area contributed by atoms with Crippen LogP contribution in [0.15, 0.2) is 47.4 Å². The lowest BCUT2D eigenvalue weighted by Gasteiger charge is -2.05. The number of rotatable bonds is 3. The van der Waals surface area contributed by atoms with Crippen molar-refractivity contribution < 1.29 is 8.78 Å². The second-order valence-corrected chi connectivity index (χ2v) is 6.74. The Hall–Kier alpha value is -3.13. The number of benzene rings is 1. The van der Waals surface area contributed by atoms with Crippen molar-refractivity contribution >= 4 is 33.2 Å². The lowest BCUT2D eigenvalue weighted by Crippen LogP contribution is -2.08. The number of aryl methyl sites for hydroxylation is 1. The molecule has 0 atom stereocenters. The van der Waals surface area contributed by atoms with Crippen LogP contribution in [0.25, 0.3) is 20.8 Å². The van der Waals surface area contributed by atoms with Gasteiger partial charge in [-0.25, -0.2) is 18.7 Å². The predicted octanol–water partition coefficient (Wildman–Crippen LogP) is 4.38. The highest BCUT2D eigenvalue weighted by Crippen LogP contribution is 2.33. The molecule has 0 bridgehead atoms. The normalized spacial score (nSPS) is 11.0. The molecule has 0 aliphatic carbocycles. The van der Waals surface area contributed by atoms with Gasteiger partial charge in [0.15, 0.2) is 0 Å². The van der Waals surface area contributed by atoms with Crippen LogP contribution in [0.3, 0.4) is 0 Å². The van der Waals surface area contributed by atoms with Crippen LogP contribution < -0.4 is 10.9 Å². The van der Waals surface area contributed by atoms with Crippen LogP contribution >= 0.6 is 11.3 Å². The maximum atomic E-state index is 14.0. The standard InChI is InChI=1S/C18H12F2N4OS/c1-9-5-15(24-16(25)6-9)23-14-7-12-13(8-21-14)26-18(22-12)17-10(19)3-2-4-11(17)20/h2-8H,1H3,(H2,21,23,24,25). The number of hydrogen-bond donors (Lipinski definition) is 2. The highest BCUT2D eigenvalue weighted by Gasteiger charge is 2.16. The van der Waals surface area contributed by atoms with Crippen molar-refractivity contribution in [2.45, 2.75) is 6.92 Å². The number of H-pyrrole nitrogens is 1. The summed E-state index contributed by atoms with van der Waals surface area (Å²) in [5, 5.41) is 3.25. The highest BCUT2D eigenvalue weighted by atomic mass is 32.1. The summed E-state index contributed by atoms with van der Waals surface area (Å²) in [4.78, 5) is 22.8. The summed E-state index contributed by atoms with van der Waals surface area (Å²) in [6.45, 7) is 1.81. The molecule has 0 fully saturated rings. The molecule has 1 aromatic carbocycles. The van der Waals surface area contributed by atoms with Crippen LogP contribution in [0.5, 0.6) is 0 Å². The van der Waals surface area contributed by atoms with E-state index in [4.69, 9.17) is 0 Å². The third kappa shape index (κ3) is 3.06. The molecule has 0 spiro atoms. The van der Waals surface area contributed by atoms with E-state index in [0.29, 0.717) is 21.9 Å². The first-order valence-corrected chi connectivity index (χ1v) is 8.50. The largest absolute Gasteiger partial charge is 0.326 e. The van der Waals surface area contributed by atoms with E-state index >= 15 is 0 Å². The molecule has 0 amide bonds. The molecule has 3 aromatic heterocycles. The van der Waals surface area contributed by atoms with Crippen LogP contribution in [0.1, 0.15) is 5.56 Å². The number of halogens is 2. The number of thiazole rings is 1. The lowest BCUT2D eigenvalue weighted by molar-refractivity contribution is 0.589. The third-order valence-corrected chi connectivity index (χ3v) is 4.73. The molecular formula is C18H12F2N4OS. The highest BCUT2D eigenvalue weighted by molar-refractivity contribution is 7.21. The van der Waals surface area contributed by atoms with Crippen molar-refractivity contribution in [2.24, 2.45) is 0 Å². The first-order valence-electron chi connectivity index (χ1n) is 7.68. The first kappa shape index (κ1) is 16.3. The quantitative estimate of drug-likeness (QED) is 0.562. The number of hydrogen-bond acceptors (Lipinski definition) is 5. The molecule has 0 radical (unpaired) electrons. The van der Waals surface area contributed by atoms with Crippen molar-refractivity contribution in [1.29, 1.82) is 0 Å². The Morgan fingerprint density at radius 1 is 1.15 bits per heavy atom. The number of pyridine rings is 2. The Balaban J connectivity index is 1.73. The fourth-order valence-electron chi connectivity index (χ4n) is 2.60. The van der Waals surface area contributed by atoms with E-state index in [2.05, 4.69) is 20.3 Å². The number of nitrogens with zero attached hydrogens (tertiary/aromatic N) is 2. The minimum Gasteiger partial charge on any atom is -0.326 e. The van der Waals surface area contributed by atoms with Crippen LogP contribution in [-0.2, 0) is 0 Å². The zero-order chi connectivity index (χ0) is 18.3. The van der Waals surface area contributed by atoms with E-state index in [1.54, 1.807) is 18.3 Å². The summed E-state index contributed by atoms with van der Waals surface area (Å²) in [7, 11) is 0. The van der Waals surface area contributed by atoms with Crippen molar-refractivity contribution in [2.75, 3.05) is 5.32 Å². The fraction of sp³-hybridized carbons (Fsp3) is 0.0556. The number of nitrogens with one attached hydrogen (secondary N) is 2. The van der Waals surface area contributed by atoms with Crippen molar-refractivity contribution in [3.63, 3.8) is 0 Å². The third-order valence-electron chi connectivity index (χ3n) is 3.70. The minimum absolute atomic E-state index is 0.147. The number of fused-ring (bicyclic) bond motifs is 1. The van der Waals surface area contributed by atoms with Crippen molar-refractivity contribution in [3.05, 3.63) is 70.1 Å². The smallest absolute Gasteiger partial charge is 0.249 e. The second kappa shape index (κ2) is 6.30. The Bertz CT molecular complexity index is 1170. The van der Waals surface area contributed by atoms with Gasteiger partial charge >= 0.3 is 0 Å². The van der Waals surface area contributed by atoms with E-state index in [9.17, 15) is 13.6 Å². The lowest BCUT2D eigenvalue weighted by atomic mass is 10.2. The van der Waals surface area contributed by atoms with Gasteiger partial charge in [-0.3, -0.25) is 4.79 Å². The molecule has 3 heterocycles. The Morgan fingerprint density at radius 2 is 1.92 bits per heavy atom. The summed E-state index contributed by atoms with van der Waals surface area (Å²) in [6, 6.07) is 8.63. The second-order valence-electron chi connectivity index (χ2n) is 5.71. The number of anilines is 2. The van der Waals surface area contributed by atoms with Gasteiger partial charge in [0.1, 0.15) is 28.3 Å². The van der Waals surface area contributed by atoms with Crippen molar-refractivity contribution in [3.8, 4) is 10.6 Å². The molecule has 4 aromatic rings. The van der Waals surface area contributed by atoms with E-state index < -0.39 is 11.6 Å². The average molecular weight is 370 g/mol. The summed E-state index contributed by atoms with van der Waals surface area (Å²) in [5.74, 6) is -0.359. The number of aromatic nitrogens is 3. The average Bonchev–Trinajstić information content (AvgIpc) is 2.96. The Morgan fingerprint density at radius 3 is 2.65 bits per heavy atom. The van der Waals surface area contributed by atoms with Crippen molar-refractivity contribution in [1.82, 2.24) is 15.0 Å². The SMILES string of the molecule is Cc1cc(Nc2cc3nc(-c4c(F)cccc4F)sc3cn2)[nH]c(=O)c1. The van der Waals surface area contributed by atoms with Gasteiger partial charge in [-0.1, -0.05) is 6.07 Å². The Kier molecular flexibility index (Phi) is 3.96. The molecule has 130 valence electrons. The molecule has 8 heteroatoms. The maximum absolute atomic E-state index is 14.0. The molecule has 26 heavy (non-hydrogen) atoms. The van der Waals surface area contributed by atoms with Gasteiger partial charge in [0.2, 0.25) is 5.56 Å². The van der Waals surface area contributed by atoms with Gasteiger partial charge in [-0.05, 0) is 30.7 Å². The zero-order valence-corrected chi connectivity index (χ0v) is 14.3. The van der Waals surface area contributed by atoms with Gasteiger partial charge in [0.05, 0.1) is 15.8 Å². The Labute approximate surface area is 150 Å².